The van der Waals surface area contributed by atoms with Gasteiger partial charge in [0, 0.05) is 43.1 Å². The Morgan fingerprint density at radius 2 is 2.23 bits per heavy atom. The van der Waals surface area contributed by atoms with Crippen LogP contribution in [-0.2, 0) is 19.6 Å². The van der Waals surface area contributed by atoms with Crippen molar-refractivity contribution in [2.75, 3.05) is 19.6 Å². The molecule has 5 heteroatoms. The Bertz CT molecular complexity index is 694. The first kappa shape index (κ1) is 18.8. The summed E-state index contributed by atoms with van der Waals surface area (Å²) in [5.41, 5.74) is 3.66. The maximum atomic E-state index is 4.54. The minimum absolute atomic E-state index is 0.646. The fourth-order valence-electron chi connectivity index (χ4n) is 3.91. The second-order valence-electron chi connectivity index (χ2n) is 7.14. The van der Waals surface area contributed by atoms with Crippen molar-refractivity contribution in [3.63, 3.8) is 0 Å². The number of hydrogen-bond acceptors (Lipinski definition) is 4. The van der Waals surface area contributed by atoms with E-state index >= 15 is 0 Å². The molecule has 26 heavy (non-hydrogen) atoms. The number of rotatable bonds is 9. The lowest BCUT2D eigenvalue weighted by molar-refractivity contribution is 0.164. The van der Waals surface area contributed by atoms with Crippen molar-refractivity contribution in [2.24, 2.45) is 0 Å². The van der Waals surface area contributed by atoms with Gasteiger partial charge in [-0.3, -0.25) is 19.5 Å². The molecule has 0 bridgehead atoms. The Labute approximate surface area is 157 Å². The van der Waals surface area contributed by atoms with E-state index in [0.29, 0.717) is 6.04 Å². The summed E-state index contributed by atoms with van der Waals surface area (Å²) in [5, 5.41) is 4.52. The molecule has 1 saturated heterocycles. The molecular weight excluding hydrogens is 322 g/mol. The van der Waals surface area contributed by atoms with Gasteiger partial charge in [0.1, 0.15) is 0 Å². The molecule has 1 fully saturated rings. The van der Waals surface area contributed by atoms with E-state index in [0.717, 1.165) is 38.4 Å². The number of likely N-dealkylation sites (tertiary alicyclic amines) is 1. The molecule has 3 rings (SSSR count). The van der Waals surface area contributed by atoms with E-state index in [1.54, 1.807) is 0 Å². The first-order valence-corrected chi connectivity index (χ1v) is 9.69. The van der Waals surface area contributed by atoms with E-state index < -0.39 is 0 Å². The zero-order valence-electron chi connectivity index (χ0n) is 16.1. The number of nitrogens with zero attached hydrogens (tertiary/aromatic N) is 5. The minimum atomic E-state index is 0.646. The number of allylic oxidation sites excluding steroid dienone is 1. The summed E-state index contributed by atoms with van der Waals surface area (Å²) in [7, 11) is 0. The van der Waals surface area contributed by atoms with Gasteiger partial charge in [-0.15, -0.1) is 6.58 Å². The third-order valence-electron chi connectivity index (χ3n) is 5.39. The predicted molar refractivity (Wildman–Crippen MR) is 106 cm³/mol. The molecule has 1 aliphatic rings. The second kappa shape index (κ2) is 9.10. The lowest BCUT2D eigenvalue weighted by Gasteiger charge is -2.30. The molecule has 0 radical (unpaired) electrons. The maximum absolute atomic E-state index is 4.54. The molecule has 2 aromatic heterocycles. The van der Waals surface area contributed by atoms with Gasteiger partial charge in [-0.1, -0.05) is 19.1 Å². The summed E-state index contributed by atoms with van der Waals surface area (Å²) in [6.45, 7) is 14.2. The summed E-state index contributed by atoms with van der Waals surface area (Å²) in [5.74, 6) is 0. The standard InChI is InChI=1S/C21H31N5/c1-4-12-26-18(3)19(14-23-26)15-24(16-20-9-6-7-11-22-20)17-21-10-8-13-25(21)5-2/h4,6-7,9,11,14,21H,1,5,8,10,12-13,15-17H2,2-3H3/t21-/m1/s1. The Kier molecular flexibility index (Phi) is 6.58. The van der Waals surface area contributed by atoms with E-state index in [4.69, 9.17) is 0 Å². The molecular formula is C21H31N5. The highest BCUT2D eigenvalue weighted by atomic mass is 15.3. The Morgan fingerprint density at radius 3 is 2.96 bits per heavy atom. The van der Waals surface area contributed by atoms with Crippen molar-refractivity contribution in [1.82, 2.24) is 24.6 Å². The molecule has 1 atom stereocenters. The molecule has 140 valence electrons. The average Bonchev–Trinajstić information content (AvgIpc) is 3.24. The molecule has 0 spiro atoms. The highest BCUT2D eigenvalue weighted by Crippen LogP contribution is 2.20. The van der Waals surface area contributed by atoms with Crippen LogP contribution in [-0.4, -0.2) is 50.2 Å². The van der Waals surface area contributed by atoms with Gasteiger partial charge in [0.15, 0.2) is 0 Å². The van der Waals surface area contributed by atoms with E-state index in [-0.39, 0.29) is 0 Å². The summed E-state index contributed by atoms with van der Waals surface area (Å²) in [4.78, 5) is 9.68. The lowest BCUT2D eigenvalue weighted by Crippen LogP contribution is -2.40. The van der Waals surface area contributed by atoms with Crippen molar-refractivity contribution < 1.29 is 0 Å². The van der Waals surface area contributed by atoms with Crippen molar-refractivity contribution in [3.05, 3.63) is 60.2 Å². The molecule has 2 aromatic rings. The highest BCUT2D eigenvalue weighted by Gasteiger charge is 2.25. The summed E-state index contributed by atoms with van der Waals surface area (Å²) >= 11 is 0. The lowest BCUT2D eigenvalue weighted by atomic mass is 10.1. The second-order valence-corrected chi connectivity index (χ2v) is 7.14. The molecule has 0 saturated carbocycles. The monoisotopic (exact) mass is 353 g/mol. The molecule has 0 aromatic carbocycles. The van der Waals surface area contributed by atoms with Gasteiger partial charge in [0.2, 0.25) is 0 Å². The number of likely N-dealkylation sites (N-methyl/N-ethyl adjacent to an activating group) is 1. The quantitative estimate of drug-likeness (QED) is 0.649. The van der Waals surface area contributed by atoms with Gasteiger partial charge in [0.25, 0.3) is 0 Å². The van der Waals surface area contributed by atoms with Crippen LogP contribution in [0.4, 0.5) is 0 Å². The number of pyridine rings is 1. The van der Waals surface area contributed by atoms with Crippen molar-refractivity contribution in [1.29, 1.82) is 0 Å². The molecule has 1 aliphatic heterocycles. The normalized spacial score (nSPS) is 17.9. The van der Waals surface area contributed by atoms with Crippen LogP contribution in [0.1, 0.15) is 36.7 Å². The van der Waals surface area contributed by atoms with Gasteiger partial charge in [-0.2, -0.15) is 5.10 Å². The van der Waals surface area contributed by atoms with E-state index in [2.05, 4.69) is 52.4 Å². The third kappa shape index (κ3) is 4.59. The molecule has 0 N–H and O–H groups in total. The van der Waals surface area contributed by atoms with Crippen LogP contribution in [0, 0.1) is 6.92 Å². The molecule has 0 aliphatic carbocycles. The number of aromatic nitrogens is 3. The summed E-state index contributed by atoms with van der Waals surface area (Å²) in [6, 6.07) is 6.81. The predicted octanol–water partition coefficient (Wildman–Crippen LogP) is 3.26. The van der Waals surface area contributed by atoms with Crippen molar-refractivity contribution in [2.45, 2.75) is 52.4 Å². The van der Waals surface area contributed by atoms with Gasteiger partial charge in [-0.25, -0.2) is 0 Å². The van der Waals surface area contributed by atoms with Gasteiger partial charge < -0.3 is 0 Å². The van der Waals surface area contributed by atoms with Gasteiger partial charge in [0.05, 0.1) is 18.4 Å². The van der Waals surface area contributed by atoms with E-state index in [1.807, 2.05) is 29.2 Å². The van der Waals surface area contributed by atoms with Crippen LogP contribution < -0.4 is 0 Å². The largest absolute Gasteiger partial charge is 0.299 e. The molecule has 0 amide bonds. The van der Waals surface area contributed by atoms with Crippen LogP contribution in [0.2, 0.25) is 0 Å². The first-order valence-electron chi connectivity index (χ1n) is 9.69. The topological polar surface area (TPSA) is 37.2 Å². The third-order valence-corrected chi connectivity index (χ3v) is 5.39. The summed E-state index contributed by atoms with van der Waals surface area (Å²) in [6.07, 6.45) is 8.39. The highest BCUT2D eigenvalue weighted by molar-refractivity contribution is 5.17. The molecule has 3 heterocycles. The van der Waals surface area contributed by atoms with Crippen LogP contribution in [0.5, 0.6) is 0 Å². The van der Waals surface area contributed by atoms with Crippen LogP contribution in [0.15, 0.2) is 43.2 Å². The SMILES string of the molecule is C=CCn1ncc(CN(Cc2ccccn2)C[C@H]2CCCN2CC)c1C. The van der Waals surface area contributed by atoms with Crippen molar-refractivity contribution >= 4 is 0 Å². The number of hydrogen-bond donors (Lipinski definition) is 0. The molecule has 5 nitrogen and oxygen atoms in total. The van der Waals surface area contributed by atoms with E-state index in [9.17, 15) is 0 Å². The Balaban J connectivity index is 1.75. The Morgan fingerprint density at radius 1 is 1.35 bits per heavy atom. The van der Waals surface area contributed by atoms with Crippen LogP contribution >= 0.6 is 0 Å². The summed E-state index contributed by atoms with van der Waals surface area (Å²) < 4.78 is 2.02. The van der Waals surface area contributed by atoms with Crippen molar-refractivity contribution in [3.8, 4) is 0 Å². The first-order chi connectivity index (χ1) is 12.7. The van der Waals surface area contributed by atoms with Crippen LogP contribution in [0.3, 0.4) is 0 Å². The smallest absolute Gasteiger partial charge is 0.0590 e. The van der Waals surface area contributed by atoms with E-state index in [1.165, 1.54) is 30.6 Å². The fourth-order valence-corrected chi connectivity index (χ4v) is 3.91. The minimum Gasteiger partial charge on any atom is -0.299 e. The maximum Gasteiger partial charge on any atom is 0.0590 e. The average molecular weight is 354 g/mol. The zero-order chi connectivity index (χ0) is 18.4. The zero-order valence-corrected chi connectivity index (χ0v) is 16.1. The molecule has 0 unspecified atom stereocenters. The van der Waals surface area contributed by atoms with Crippen LogP contribution in [0.25, 0.3) is 0 Å². The van der Waals surface area contributed by atoms with Gasteiger partial charge in [-0.05, 0) is 45.0 Å². The Hall–Kier alpha value is -1.98. The van der Waals surface area contributed by atoms with Gasteiger partial charge >= 0.3 is 0 Å². The fraction of sp³-hybridized carbons (Fsp3) is 0.524.